The number of ether oxygens (including phenoxy) is 3. The Hall–Kier alpha value is -2.09. The molecule has 0 aromatic carbocycles. The van der Waals surface area contributed by atoms with Crippen molar-refractivity contribution >= 4 is 5.97 Å². The van der Waals surface area contributed by atoms with Gasteiger partial charge in [-0.05, 0) is 30.1 Å². The van der Waals surface area contributed by atoms with Gasteiger partial charge in [-0.25, -0.2) is 0 Å². The van der Waals surface area contributed by atoms with Crippen molar-refractivity contribution in [1.29, 1.82) is 0 Å². The van der Waals surface area contributed by atoms with Gasteiger partial charge in [0, 0.05) is 12.8 Å². The van der Waals surface area contributed by atoms with Gasteiger partial charge in [0.2, 0.25) is 0 Å². The van der Waals surface area contributed by atoms with Gasteiger partial charge in [-0.3, -0.25) is 4.79 Å². The quantitative estimate of drug-likeness (QED) is 0.331. The van der Waals surface area contributed by atoms with Crippen LogP contribution in [-0.4, -0.2) is 76.4 Å². The van der Waals surface area contributed by atoms with E-state index in [1.165, 1.54) is 0 Å². The van der Waals surface area contributed by atoms with Crippen molar-refractivity contribution in [3.8, 4) is 35.5 Å². The van der Waals surface area contributed by atoms with Crippen molar-refractivity contribution in [3.63, 3.8) is 0 Å². The molecule has 0 spiro atoms. The van der Waals surface area contributed by atoms with Gasteiger partial charge in [0.15, 0.2) is 6.29 Å². The van der Waals surface area contributed by atoms with Crippen LogP contribution in [0.1, 0.15) is 19.3 Å². The van der Waals surface area contributed by atoms with Gasteiger partial charge in [0.25, 0.3) is 0 Å². The summed E-state index contributed by atoms with van der Waals surface area (Å²) in [6.07, 6.45) is -5.25. The molecule has 26 heavy (non-hydrogen) atoms. The lowest BCUT2D eigenvalue weighted by Gasteiger charge is -2.39. The molecule has 2 heterocycles. The SMILES string of the molecule is O=C1CCC(CC#CC#CC#CCOC2OC(CO)C(O)C(O)C2O)O1. The molecule has 0 bridgehead atoms. The fourth-order valence-electron chi connectivity index (χ4n) is 2.41. The Morgan fingerprint density at radius 2 is 1.77 bits per heavy atom. The van der Waals surface area contributed by atoms with Crippen LogP contribution in [0.25, 0.3) is 0 Å². The number of carbonyl (C=O) groups excluding carboxylic acids is 1. The maximum Gasteiger partial charge on any atom is 0.306 e. The third-order valence-corrected chi connectivity index (χ3v) is 3.83. The highest BCUT2D eigenvalue weighted by molar-refractivity contribution is 5.71. The van der Waals surface area contributed by atoms with Crippen LogP contribution >= 0.6 is 0 Å². The molecule has 8 heteroatoms. The van der Waals surface area contributed by atoms with Crippen molar-refractivity contribution in [3.05, 3.63) is 0 Å². The number of aliphatic hydroxyl groups excluding tert-OH is 4. The van der Waals surface area contributed by atoms with Crippen molar-refractivity contribution in [2.45, 2.75) is 56.1 Å². The van der Waals surface area contributed by atoms with Gasteiger partial charge in [-0.1, -0.05) is 11.8 Å². The fourth-order valence-corrected chi connectivity index (χ4v) is 2.41. The zero-order valence-corrected chi connectivity index (χ0v) is 13.9. The van der Waals surface area contributed by atoms with Crippen molar-refractivity contribution in [1.82, 2.24) is 0 Å². The van der Waals surface area contributed by atoms with Crippen LogP contribution in [0.5, 0.6) is 0 Å². The van der Waals surface area contributed by atoms with Crippen LogP contribution < -0.4 is 0 Å². The molecule has 140 valence electrons. The first-order chi connectivity index (χ1) is 12.5. The van der Waals surface area contributed by atoms with Crippen molar-refractivity contribution < 1.29 is 39.4 Å². The molecule has 0 radical (unpaired) electrons. The van der Waals surface area contributed by atoms with E-state index >= 15 is 0 Å². The van der Waals surface area contributed by atoms with E-state index in [2.05, 4.69) is 35.5 Å². The predicted molar refractivity (Wildman–Crippen MR) is 86.8 cm³/mol. The van der Waals surface area contributed by atoms with Crippen molar-refractivity contribution in [2.75, 3.05) is 13.2 Å². The minimum atomic E-state index is -1.49. The lowest BCUT2D eigenvalue weighted by atomic mass is 9.99. The molecule has 0 saturated carbocycles. The molecule has 0 amide bonds. The van der Waals surface area contributed by atoms with E-state index < -0.39 is 37.3 Å². The second kappa shape index (κ2) is 10.2. The summed E-state index contributed by atoms with van der Waals surface area (Å²) in [5, 5.41) is 38.1. The molecular formula is C18H20O8. The summed E-state index contributed by atoms with van der Waals surface area (Å²) in [4.78, 5) is 10.9. The summed E-state index contributed by atoms with van der Waals surface area (Å²) < 4.78 is 15.3. The average Bonchev–Trinajstić information content (AvgIpc) is 3.05. The molecule has 0 aromatic rings. The van der Waals surface area contributed by atoms with Gasteiger partial charge in [0.1, 0.15) is 37.1 Å². The van der Waals surface area contributed by atoms with Gasteiger partial charge < -0.3 is 34.6 Å². The molecule has 0 aromatic heterocycles. The lowest BCUT2D eigenvalue weighted by molar-refractivity contribution is -0.298. The maximum atomic E-state index is 10.9. The predicted octanol–water partition coefficient (Wildman–Crippen LogP) is -2.09. The minimum absolute atomic E-state index is 0.136. The molecule has 8 nitrogen and oxygen atoms in total. The van der Waals surface area contributed by atoms with E-state index in [0.717, 1.165) is 0 Å². The molecule has 2 aliphatic rings. The van der Waals surface area contributed by atoms with E-state index in [1.54, 1.807) is 0 Å². The topological polar surface area (TPSA) is 126 Å². The number of carbonyl (C=O) groups is 1. The zero-order valence-electron chi connectivity index (χ0n) is 13.9. The molecule has 6 unspecified atom stereocenters. The first-order valence-electron chi connectivity index (χ1n) is 8.10. The second-order valence-electron chi connectivity index (χ2n) is 5.72. The highest BCUT2D eigenvalue weighted by Gasteiger charge is 2.43. The number of esters is 1. The monoisotopic (exact) mass is 364 g/mol. The third-order valence-electron chi connectivity index (χ3n) is 3.83. The Kier molecular flexibility index (Phi) is 7.90. The molecule has 6 atom stereocenters. The standard InChI is InChI=1S/C18H20O8/c19-11-13-15(21)16(22)17(23)18(26-13)24-10-6-4-2-1-3-5-7-12-8-9-14(20)25-12/h12-13,15-19,21-23H,7-11H2. The van der Waals surface area contributed by atoms with Crippen LogP contribution in [0.15, 0.2) is 0 Å². The fraction of sp³-hybridized carbons (Fsp3) is 0.611. The molecule has 0 aliphatic carbocycles. The highest BCUT2D eigenvalue weighted by Crippen LogP contribution is 2.21. The highest BCUT2D eigenvalue weighted by atomic mass is 16.7. The Morgan fingerprint density at radius 1 is 1.04 bits per heavy atom. The Morgan fingerprint density at radius 3 is 2.42 bits per heavy atom. The maximum absolute atomic E-state index is 10.9. The molecule has 4 N–H and O–H groups in total. The summed E-state index contributed by atoms with van der Waals surface area (Å²) in [6, 6.07) is 0. The van der Waals surface area contributed by atoms with Gasteiger partial charge in [-0.15, -0.1) is 0 Å². The number of aliphatic hydroxyl groups is 4. The first kappa shape index (κ1) is 20.2. The molecular weight excluding hydrogens is 344 g/mol. The van der Waals surface area contributed by atoms with Crippen LogP contribution in [0, 0.1) is 35.5 Å². The van der Waals surface area contributed by atoms with Crippen LogP contribution in [0.3, 0.4) is 0 Å². The van der Waals surface area contributed by atoms with E-state index in [-0.39, 0.29) is 18.7 Å². The van der Waals surface area contributed by atoms with Gasteiger partial charge in [0.05, 0.1) is 6.61 Å². The molecule has 2 aliphatic heterocycles. The van der Waals surface area contributed by atoms with Gasteiger partial charge >= 0.3 is 5.97 Å². The Labute approximate surface area is 151 Å². The van der Waals surface area contributed by atoms with E-state index in [9.17, 15) is 20.1 Å². The Bertz CT molecular complexity index is 669. The number of rotatable bonds is 4. The van der Waals surface area contributed by atoms with Crippen molar-refractivity contribution in [2.24, 2.45) is 0 Å². The Balaban J connectivity index is 1.71. The first-order valence-corrected chi connectivity index (χ1v) is 8.10. The number of hydrogen-bond donors (Lipinski definition) is 4. The summed E-state index contributed by atoms with van der Waals surface area (Å²) in [6.45, 7) is -0.663. The summed E-state index contributed by atoms with van der Waals surface area (Å²) >= 11 is 0. The van der Waals surface area contributed by atoms with Crippen LogP contribution in [-0.2, 0) is 19.0 Å². The largest absolute Gasteiger partial charge is 0.461 e. The third kappa shape index (κ3) is 5.72. The molecule has 2 rings (SSSR count). The second-order valence-corrected chi connectivity index (χ2v) is 5.72. The van der Waals surface area contributed by atoms with E-state index in [0.29, 0.717) is 19.3 Å². The summed E-state index contributed by atoms with van der Waals surface area (Å²) in [5.41, 5.74) is 0. The van der Waals surface area contributed by atoms with E-state index in [1.807, 2.05) is 0 Å². The summed E-state index contributed by atoms with van der Waals surface area (Å²) in [7, 11) is 0. The smallest absolute Gasteiger partial charge is 0.306 e. The molecule has 2 fully saturated rings. The zero-order chi connectivity index (χ0) is 18.9. The van der Waals surface area contributed by atoms with Crippen LogP contribution in [0.4, 0.5) is 0 Å². The minimum Gasteiger partial charge on any atom is -0.461 e. The number of hydrogen-bond acceptors (Lipinski definition) is 8. The normalized spacial score (nSPS) is 33.0. The number of cyclic esters (lactones) is 1. The average molecular weight is 364 g/mol. The summed E-state index contributed by atoms with van der Waals surface area (Å²) in [5.74, 6) is 15.3. The molecule has 2 saturated heterocycles. The van der Waals surface area contributed by atoms with E-state index in [4.69, 9.17) is 19.3 Å². The van der Waals surface area contributed by atoms with Gasteiger partial charge in [-0.2, -0.15) is 0 Å². The lowest BCUT2D eigenvalue weighted by Crippen LogP contribution is -2.59. The van der Waals surface area contributed by atoms with Crippen LogP contribution in [0.2, 0.25) is 0 Å².